The number of rotatable bonds is 5. The molecule has 0 saturated heterocycles. The molecule has 21 heavy (non-hydrogen) atoms. The van der Waals surface area contributed by atoms with Crippen LogP contribution in [0.5, 0.6) is 0 Å². The van der Waals surface area contributed by atoms with E-state index in [1.165, 1.54) is 30.3 Å². The quantitative estimate of drug-likeness (QED) is 0.829. The van der Waals surface area contributed by atoms with Crippen LogP contribution in [0.3, 0.4) is 0 Å². The Morgan fingerprint density at radius 1 is 1.19 bits per heavy atom. The van der Waals surface area contributed by atoms with Crippen LogP contribution in [0.15, 0.2) is 53.4 Å². The molecule has 0 aliphatic heterocycles. The van der Waals surface area contributed by atoms with Gasteiger partial charge in [-0.1, -0.05) is 30.4 Å². The molecule has 0 amide bonds. The van der Waals surface area contributed by atoms with Crippen molar-refractivity contribution < 1.29 is 12.8 Å². The molecule has 0 aliphatic carbocycles. The number of benzene rings is 2. The summed E-state index contributed by atoms with van der Waals surface area (Å²) in [4.78, 5) is 0.418. The van der Waals surface area contributed by atoms with Crippen LogP contribution in [0.4, 0.5) is 10.1 Å². The first kappa shape index (κ1) is 15.4. The van der Waals surface area contributed by atoms with Gasteiger partial charge >= 0.3 is 0 Å². The molecule has 4 nitrogen and oxygen atoms in total. The highest BCUT2D eigenvalue weighted by Gasteiger charge is 2.14. The van der Waals surface area contributed by atoms with Gasteiger partial charge in [0, 0.05) is 6.42 Å². The SMILES string of the molecule is NC(=S)Cc1ccc(S(=O)(=O)Nc2cccc(F)c2)cc1. The molecule has 0 radical (unpaired) electrons. The van der Waals surface area contributed by atoms with E-state index in [-0.39, 0.29) is 10.6 Å². The summed E-state index contributed by atoms with van der Waals surface area (Å²) in [5, 5.41) is 0. The molecule has 0 heterocycles. The van der Waals surface area contributed by atoms with Crippen molar-refractivity contribution >= 4 is 32.9 Å². The second kappa shape index (κ2) is 6.19. The van der Waals surface area contributed by atoms with Crippen molar-refractivity contribution in [2.75, 3.05) is 4.72 Å². The largest absolute Gasteiger partial charge is 0.393 e. The third-order valence-corrected chi connectivity index (χ3v) is 4.23. The molecule has 7 heteroatoms. The van der Waals surface area contributed by atoms with Crippen LogP contribution in [-0.2, 0) is 16.4 Å². The molecule has 0 saturated carbocycles. The van der Waals surface area contributed by atoms with Crippen molar-refractivity contribution in [2.24, 2.45) is 5.73 Å². The number of hydrogen-bond donors (Lipinski definition) is 2. The Balaban J connectivity index is 2.21. The molecule has 0 atom stereocenters. The zero-order valence-corrected chi connectivity index (χ0v) is 12.5. The molecule has 110 valence electrons. The summed E-state index contributed by atoms with van der Waals surface area (Å²) < 4.78 is 39.7. The molecule has 0 fully saturated rings. The van der Waals surface area contributed by atoms with Gasteiger partial charge in [-0.2, -0.15) is 0 Å². The van der Waals surface area contributed by atoms with E-state index in [0.29, 0.717) is 11.4 Å². The average Bonchev–Trinajstić information content (AvgIpc) is 2.38. The van der Waals surface area contributed by atoms with E-state index in [4.69, 9.17) is 18.0 Å². The summed E-state index contributed by atoms with van der Waals surface area (Å²) >= 11 is 4.79. The molecule has 0 aliphatic rings. The van der Waals surface area contributed by atoms with E-state index in [0.717, 1.165) is 11.6 Å². The number of halogens is 1. The molecule has 2 aromatic rings. The second-order valence-corrected chi connectivity index (χ2v) is 6.61. The van der Waals surface area contributed by atoms with Crippen LogP contribution in [-0.4, -0.2) is 13.4 Å². The van der Waals surface area contributed by atoms with Gasteiger partial charge in [0.1, 0.15) is 5.82 Å². The van der Waals surface area contributed by atoms with Crippen molar-refractivity contribution in [2.45, 2.75) is 11.3 Å². The van der Waals surface area contributed by atoms with Crippen LogP contribution < -0.4 is 10.5 Å². The van der Waals surface area contributed by atoms with Crippen molar-refractivity contribution in [3.8, 4) is 0 Å². The normalized spacial score (nSPS) is 11.1. The summed E-state index contributed by atoms with van der Waals surface area (Å²) in [6.07, 6.45) is 0.410. The maximum atomic E-state index is 13.1. The number of hydrogen-bond acceptors (Lipinski definition) is 3. The van der Waals surface area contributed by atoms with Gasteiger partial charge in [0.25, 0.3) is 10.0 Å². The van der Waals surface area contributed by atoms with E-state index in [2.05, 4.69) is 4.72 Å². The first-order chi connectivity index (χ1) is 9.87. The first-order valence-corrected chi connectivity index (χ1v) is 7.91. The smallest absolute Gasteiger partial charge is 0.261 e. The number of nitrogens with one attached hydrogen (secondary N) is 1. The number of nitrogens with two attached hydrogens (primary N) is 1. The van der Waals surface area contributed by atoms with E-state index in [1.807, 2.05) is 0 Å². The molecule has 2 aromatic carbocycles. The summed E-state index contributed by atoms with van der Waals surface area (Å²) in [5.41, 5.74) is 6.42. The molecule has 0 unspecified atom stereocenters. The molecular formula is C14H13FN2O2S2. The summed E-state index contributed by atoms with van der Waals surface area (Å²) in [5.74, 6) is -0.512. The fourth-order valence-corrected chi connectivity index (χ4v) is 2.97. The predicted molar refractivity (Wildman–Crippen MR) is 84.1 cm³/mol. The van der Waals surface area contributed by atoms with E-state index >= 15 is 0 Å². The van der Waals surface area contributed by atoms with Gasteiger partial charge in [0.05, 0.1) is 15.6 Å². The van der Waals surface area contributed by atoms with E-state index < -0.39 is 15.8 Å². The summed E-state index contributed by atoms with van der Waals surface area (Å²) in [6, 6.07) is 11.4. The Hall–Kier alpha value is -1.99. The maximum Gasteiger partial charge on any atom is 0.261 e. The average molecular weight is 324 g/mol. The third kappa shape index (κ3) is 4.24. The van der Waals surface area contributed by atoms with E-state index in [9.17, 15) is 12.8 Å². The third-order valence-electron chi connectivity index (χ3n) is 2.69. The van der Waals surface area contributed by atoms with Crippen LogP contribution >= 0.6 is 12.2 Å². The standard InChI is InChI=1S/C14H13FN2O2S2/c15-11-2-1-3-12(9-11)17-21(18,19)13-6-4-10(5-7-13)8-14(16)20/h1-7,9,17H,8H2,(H2,16,20). The Labute approximate surface area is 127 Å². The Bertz CT molecular complexity index is 759. The lowest BCUT2D eigenvalue weighted by Crippen LogP contribution is -2.14. The number of sulfonamides is 1. The second-order valence-electron chi connectivity index (χ2n) is 4.40. The maximum absolute atomic E-state index is 13.1. The van der Waals surface area contributed by atoms with Gasteiger partial charge in [-0.3, -0.25) is 4.72 Å². The van der Waals surface area contributed by atoms with Gasteiger partial charge in [-0.15, -0.1) is 0 Å². The highest BCUT2D eigenvalue weighted by atomic mass is 32.2. The summed E-state index contributed by atoms with van der Waals surface area (Å²) in [7, 11) is -3.76. The first-order valence-electron chi connectivity index (χ1n) is 6.02. The van der Waals surface area contributed by atoms with Crippen molar-refractivity contribution in [3.05, 3.63) is 59.9 Å². The Kier molecular flexibility index (Phi) is 4.54. The van der Waals surface area contributed by atoms with Gasteiger partial charge in [-0.25, -0.2) is 12.8 Å². The topological polar surface area (TPSA) is 72.2 Å². The Morgan fingerprint density at radius 2 is 1.86 bits per heavy atom. The van der Waals surface area contributed by atoms with Crippen LogP contribution in [0.2, 0.25) is 0 Å². The molecule has 0 spiro atoms. The summed E-state index contributed by atoms with van der Waals surface area (Å²) in [6.45, 7) is 0. The lowest BCUT2D eigenvalue weighted by atomic mass is 10.1. The van der Waals surface area contributed by atoms with Crippen LogP contribution in [0.25, 0.3) is 0 Å². The van der Waals surface area contributed by atoms with Crippen molar-refractivity contribution in [1.29, 1.82) is 0 Å². The molecular weight excluding hydrogens is 311 g/mol. The highest BCUT2D eigenvalue weighted by Crippen LogP contribution is 2.17. The highest BCUT2D eigenvalue weighted by molar-refractivity contribution is 7.92. The fraction of sp³-hybridized carbons (Fsp3) is 0.0714. The van der Waals surface area contributed by atoms with Crippen LogP contribution in [0, 0.1) is 5.82 Å². The van der Waals surface area contributed by atoms with Crippen molar-refractivity contribution in [1.82, 2.24) is 0 Å². The number of anilines is 1. The van der Waals surface area contributed by atoms with Gasteiger partial charge in [0.15, 0.2) is 0 Å². The number of thiocarbonyl (C=S) groups is 1. The monoisotopic (exact) mass is 324 g/mol. The molecule has 2 rings (SSSR count). The predicted octanol–water partition coefficient (Wildman–Crippen LogP) is 2.46. The molecule has 0 aromatic heterocycles. The Morgan fingerprint density at radius 3 is 2.43 bits per heavy atom. The van der Waals surface area contributed by atoms with Gasteiger partial charge in [-0.05, 0) is 35.9 Å². The minimum atomic E-state index is -3.76. The van der Waals surface area contributed by atoms with E-state index in [1.54, 1.807) is 12.1 Å². The zero-order valence-electron chi connectivity index (χ0n) is 10.9. The van der Waals surface area contributed by atoms with Crippen molar-refractivity contribution in [3.63, 3.8) is 0 Å². The lowest BCUT2D eigenvalue weighted by molar-refractivity contribution is 0.601. The minimum absolute atomic E-state index is 0.0819. The minimum Gasteiger partial charge on any atom is -0.393 e. The zero-order chi connectivity index (χ0) is 15.5. The van der Waals surface area contributed by atoms with Gasteiger partial charge < -0.3 is 5.73 Å². The molecule has 3 N–H and O–H groups in total. The lowest BCUT2D eigenvalue weighted by Gasteiger charge is -2.08. The van der Waals surface area contributed by atoms with Gasteiger partial charge in [0.2, 0.25) is 0 Å². The molecule has 0 bridgehead atoms. The fourth-order valence-electron chi connectivity index (χ4n) is 1.75. The van der Waals surface area contributed by atoms with Crippen LogP contribution in [0.1, 0.15) is 5.56 Å².